The van der Waals surface area contributed by atoms with Crippen LogP contribution in [0.5, 0.6) is 0 Å². The van der Waals surface area contributed by atoms with E-state index in [2.05, 4.69) is 4.72 Å². The SMILES string of the molecule is CN(C)CCCNS(=O)(=O)c1cc(N)ccc1N1CCOCC1. The monoisotopic (exact) mass is 342 g/mol. The Morgan fingerprint density at radius 1 is 1.30 bits per heavy atom. The van der Waals surface area contributed by atoms with E-state index in [4.69, 9.17) is 10.5 Å². The second kappa shape index (κ2) is 7.96. The molecular formula is C15H26N4O3S. The van der Waals surface area contributed by atoms with Crippen molar-refractivity contribution in [3.8, 4) is 0 Å². The Hall–Kier alpha value is -1.35. The van der Waals surface area contributed by atoms with E-state index in [1.54, 1.807) is 12.1 Å². The zero-order chi connectivity index (χ0) is 16.9. The minimum absolute atomic E-state index is 0.240. The Labute approximate surface area is 138 Å². The van der Waals surface area contributed by atoms with E-state index < -0.39 is 10.0 Å². The fourth-order valence-electron chi connectivity index (χ4n) is 2.49. The molecule has 0 aliphatic carbocycles. The second-order valence-electron chi connectivity index (χ2n) is 5.88. The summed E-state index contributed by atoms with van der Waals surface area (Å²) in [5.74, 6) is 0. The number of hydrogen-bond acceptors (Lipinski definition) is 6. The number of hydrogen-bond donors (Lipinski definition) is 2. The van der Waals surface area contributed by atoms with E-state index >= 15 is 0 Å². The number of nitrogens with one attached hydrogen (secondary N) is 1. The number of rotatable bonds is 7. The van der Waals surface area contributed by atoms with Crippen LogP contribution in [0.1, 0.15) is 6.42 Å². The normalized spacial score (nSPS) is 16.0. The van der Waals surface area contributed by atoms with E-state index in [1.165, 1.54) is 6.07 Å². The van der Waals surface area contributed by atoms with Crippen molar-refractivity contribution in [3.05, 3.63) is 18.2 Å². The van der Waals surface area contributed by atoms with Crippen LogP contribution in [0.15, 0.2) is 23.1 Å². The van der Waals surface area contributed by atoms with Gasteiger partial charge in [-0.05, 0) is 45.3 Å². The lowest BCUT2D eigenvalue weighted by molar-refractivity contribution is 0.122. The van der Waals surface area contributed by atoms with Crippen LogP contribution in [0.3, 0.4) is 0 Å². The fourth-order valence-corrected chi connectivity index (χ4v) is 3.82. The zero-order valence-electron chi connectivity index (χ0n) is 13.8. The van der Waals surface area contributed by atoms with Crippen LogP contribution in [-0.2, 0) is 14.8 Å². The second-order valence-corrected chi connectivity index (χ2v) is 7.62. The van der Waals surface area contributed by atoms with Crippen molar-refractivity contribution in [2.75, 3.05) is 64.1 Å². The van der Waals surface area contributed by atoms with Gasteiger partial charge in [-0.15, -0.1) is 0 Å². The third-order valence-electron chi connectivity index (χ3n) is 3.70. The number of nitrogens with zero attached hydrogens (tertiary/aromatic N) is 2. The van der Waals surface area contributed by atoms with E-state index in [-0.39, 0.29) is 4.90 Å². The van der Waals surface area contributed by atoms with Crippen molar-refractivity contribution in [3.63, 3.8) is 0 Å². The number of benzene rings is 1. The van der Waals surface area contributed by atoms with Gasteiger partial charge in [0.2, 0.25) is 10.0 Å². The van der Waals surface area contributed by atoms with Gasteiger partial charge in [0.25, 0.3) is 0 Å². The summed E-state index contributed by atoms with van der Waals surface area (Å²) in [6, 6.07) is 5.03. The maximum Gasteiger partial charge on any atom is 0.242 e. The topological polar surface area (TPSA) is 87.9 Å². The summed E-state index contributed by atoms with van der Waals surface area (Å²) in [6.45, 7) is 3.77. The summed E-state index contributed by atoms with van der Waals surface area (Å²) >= 11 is 0. The summed E-state index contributed by atoms with van der Waals surface area (Å²) in [7, 11) is 0.331. The molecule has 23 heavy (non-hydrogen) atoms. The molecule has 1 heterocycles. The average Bonchev–Trinajstić information content (AvgIpc) is 2.52. The van der Waals surface area contributed by atoms with Gasteiger partial charge >= 0.3 is 0 Å². The average molecular weight is 342 g/mol. The van der Waals surface area contributed by atoms with Crippen molar-refractivity contribution in [2.24, 2.45) is 0 Å². The van der Waals surface area contributed by atoms with Gasteiger partial charge in [-0.3, -0.25) is 0 Å². The molecule has 0 spiro atoms. The molecule has 0 atom stereocenters. The Bertz CT molecular complexity index is 613. The standard InChI is InChI=1S/C15H26N4O3S/c1-18(2)7-3-6-17-23(20,21)15-12-13(16)4-5-14(15)19-8-10-22-11-9-19/h4-5,12,17H,3,6-11,16H2,1-2H3. The van der Waals surface area contributed by atoms with Gasteiger partial charge in [0.1, 0.15) is 4.90 Å². The molecule has 1 aromatic rings. The highest BCUT2D eigenvalue weighted by atomic mass is 32.2. The first-order chi connectivity index (χ1) is 10.9. The van der Waals surface area contributed by atoms with Crippen LogP contribution < -0.4 is 15.4 Å². The highest BCUT2D eigenvalue weighted by molar-refractivity contribution is 7.89. The van der Waals surface area contributed by atoms with Gasteiger partial charge in [0.15, 0.2) is 0 Å². The number of ether oxygens (including phenoxy) is 1. The highest BCUT2D eigenvalue weighted by Crippen LogP contribution is 2.28. The molecule has 8 heteroatoms. The number of sulfonamides is 1. The van der Waals surface area contributed by atoms with Crippen molar-refractivity contribution in [1.29, 1.82) is 0 Å². The molecule has 1 aromatic carbocycles. The summed E-state index contributed by atoms with van der Waals surface area (Å²) in [5.41, 5.74) is 6.93. The Kier molecular flexibility index (Phi) is 6.23. The van der Waals surface area contributed by atoms with Crippen molar-refractivity contribution >= 4 is 21.4 Å². The smallest absolute Gasteiger partial charge is 0.242 e. The van der Waals surface area contributed by atoms with Gasteiger partial charge in [-0.1, -0.05) is 0 Å². The lowest BCUT2D eigenvalue weighted by Crippen LogP contribution is -2.38. The zero-order valence-corrected chi connectivity index (χ0v) is 14.6. The summed E-state index contributed by atoms with van der Waals surface area (Å²) in [5, 5.41) is 0. The molecule has 1 saturated heterocycles. The molecule has 0 bridgehead atoms. The number of nitrogens with two attached hydrogens (primary N) is 1. The lowest BCUT2D eigenvalue weighted by atomic mass is 10.2. The minimum Gasteiger partial charge on any atom is -0.399 e. The van der Waals surface area contributed by atoms with Crippen LogP contribution >= 0.6 is 0 Å². The Morgan fingerprint density at radius 3 is 2.65 bits per heavy atom. The van der Waals surface area contributed by atoms with Crippen LogP contribution in [0.25, 0.3) is 0 Å². The Balaban J connectivity index is 2.17. The quantitative estimate of drug-likeness (QED) is 0.549. The molecule has 3 N–H and O–H groups in total. The molecule has 1 fully saturated rings. The molecule has 7 nitrogen and oxygen atoms in total. The minimum atomic E-state index is -3.59. The molecule has 0 aromatic heterocycles. The maximum atomic E-state index is 12.7. The summed E-state index contributed by atoms with van der Waals surface area (Å²) < 4.78 is 33.3. The molecule has 1 aliphatic rings. The first-order valence-electron chi connectivity index (χ1n) is 7.77. The predicted octanol–water partition coefficient (Wildman–Crippen LogP) is 0.335. The molecular weight excluding hydrogens is 316 g/mol. The number of nitrogen functional groups attached to an aromatic ring is 1. The van der Waals surface area contributed by atoms with Gasteiger partial charge in [-0.25, -0.2) is 13.1 Å². The molecule has 0 amide bonds. The first-order valence-corrected chi connectivity index (χ1v) is 9.25. The predicted molar refractivity (Wildman–Crippen MR) is 92.2 cm³/mol. The van der Waals surface area contributed by atoms with E-state index in [9.17, 15) is 8.42 Å². The highest BCUT2D eigenvalue weighted by Gasteiger charge is 2.23. The van der Waals surface area contributed by atoms with E-state index in [0.29, 0.717) is 44.2 Å². The fraction of sp³-hybridized carbons (Fsp3) is 0.600. The van der Waals surface area contributed by atoms with Crippen LogP contribution in [0, 0.1) is 0 Å². The maximum absolute atomic E-state index is 12.7. The molecule has 130 valence electrons. The third kappa shape index (κ3) is 5.07. The van der Waals surface area contributed by atoms with Crippen molar-refractivity contribution in [2.45, 2.75) is 11.3 Å². The third-order valence-corrected chi connectivity index (χ3v) is 5.19. The summed E-state index contributed by atoms with van der Waals surface area (Å²) in [6.07, 6.45) is 0.751. The molecule has 1 aliphatic heterocycles. The van der Waals surface area contributed by atoms with E-state index in [1.807, 2.05) is 23.9 Å². The van der Waals surface area contributed by atoms with E-state index in [0.717, 1.165) is 13.0 Å². The number of morpholine rings is 1. The first kappa shape index (κ1) is 18.0. The van der Waals surface area contributed by atoms with Crippen molar-refractivity contribution < 1.29 is 13.2 Å². The Morgan fingerprint density at radius 2 is 2.00 bits per heavy atom. The molecule has 0 saturated carbocycles. The van der Waals surface area contributed by atoms with Gasteiger partial charge in [0.05, 0.1) is 18.9 Å². The van der Waals surface area contributed by atoms with Crippen LogP contribution in [0.4, 0.5) is 11.4 Å². The molecule has 2 rings (SSSR count). The molecule has 0 unspecified atom stereocenters. The number of anilines is 2. The van der Waals surface area contributed by atoms with Crippen molar-refractivity contribution in [1.82, 2.24) is 9.62 Å². The van der Waals surface area contributed by atoms with Crippen LogP contribution in [-0.4, -0.2) is 66.8 Å². The van der Waals surface area contributed by atoms with Gasteiger partial charge < -0.3 is 20.3 Å². The van der Waals surface area contributed by atoms with Gasteiger partial charge in [-0.2, -0.15) is 0 Å². The largest absolute Gasteiger partial charge is 0.399 e. The van der Waals surface area contributed by atoms with Crippen LogP contribution in [0.2, 0.25) is 0 Å². The van der Waals surface area contributed by atoms with Gasteiger partial charge in [0, 0.05) is 25.3 Å². The molecule has 0 radical (unpaired) electrons. The lowest BCUT2D eigenvalue weighted by Gasteiger charge is -2.30. The summed E-state index contributed by atoms with van der Waals surface area (Å²) in [4.78, 5) is 4.29.